The molecule has 0 N–H and O–H groups in total. The fourth-order valence-electron chi connectivity index (χ4n) is 24.2. The Kier molecular flexibility index (Phi) is 23.2. The van der Waals surface area contributed by atoms with Crippen LogP contribution in [-0.2, 0) is 19.1 Å². The topological polar surface area (TPSA) is 167 Å². The molecule has 5 aliphatic heterocycles. The van der Waals surface area contributed by atoms with E-state index in [9.17, 15) is 0 Å². The van der Waals surface area contributed by atoms with E-state index in [2.05, 4.69) is 267 Å². The highest BCUT2D eigenvalue weighted by Crippen LogP contribution is 2.54. The van der Waals surface area contributed by atoms with Gasteiger partial charge in [-0.15, -0.1) is 0 Å². The van der Waals surface area contributed by atoms with Crippen molar-refractivity contribution in [1.29, 1.82) is 0 Å². The number of fused-ring (bicyclic) bond motifs is 15. The SMILES string of the molecule is CC1(C)c2ccccc2-c2cc3c(cc21)P(=O)(c1ccccc1)c1cc(-c2nc(-c4ccccc4)nc(-c4ccccc4)n2)ccc1[Si]3(C)C.C[Si]1(C)c2cc(-c3nc(-c4ccccc4)nc(-c4ccccc4)n3)ccc2-c2cc3c(cc21)P(=O)(c1ccccc1)c1ccccc1[Si]3(C)C.C[Si]1(C)c2ccccc2-c2cc3c(cc21)P(=O)(c1ccccc1)c1cc(-c2nc(-c4ccccc4)nc(-c4ccccc4)n2)ccc1[Si]3(C)C. The molecule has 3 atom stereocenters. The number of rotatable bonds is 12. The Hall–Kier alpha value is -15.2. The molecule has 18 aromatic carbocycles. The highest BCUT2D eigenvalue weighted by molar-refractivity contribution is 7.88. The van der Waals surface area contributed by atoms with Crippen LogP contribution in [0, 0.1) is 0 Å². The lowest BCUT2D eigenvalue weighted by atomic mass is 9.82. The second kappa shape index (κ2) is 36.3. The molecule has 0 fully saturated rings. The highest BCUT2D eigenvalue weighted by Gasteiger charge is 2.54. The normalized spacial score (nSPS) is 17.7. The van der Waals surface area contributed by atoms with Gasteiger partial charge in [0, 0.05) is 103 Å². The van der Waals surface area contributed by atoms with Gasteiger partial charge in [-0.2, -0.15) is 0 Å². The van der Waals surface area contributed by atoms with Crippen molar-refractivity contribution >= 4 is 161 Å². The Labute approximate surface area is 881 Å². The van der Waals surface area contributed by atoms with Crippen LogP contribution in [0.25, 0.3) is 136 Å². The van der Waals surface area contributed by atoms with Gasteiger partial charge in [-0.25, -0.2) is 44.9 Å². The number of aromatic nitrogens is 9. The van der Waals surface area contributed by atoms with E-state index in [4.69, 9.17) is 44.9 Å². The Morgan fingerprint density at radius 3 is 0.773 bits per heavy atom. The van der Waals surface area contributed by atoms with Crippen LogP contribution in [-0.4, -0.2) is 85.2 Å². The zero-order valence-corrected chi connectivity index (χ0v) is 93.3. The summed E-state index contributed by atoms with van der Waals surface area (Å²) < 4.78 is 48.6. The van der Waals surface area contributed by atoms with Crippen LogP contribution in [0.15, 0.2) is 437 Å². The Morgan fingerprint density at radius 1 is 0.167 bits per heavy atom. The smallest absolute Gasteiger partial charge is 0.170 e. The van der Waals surface area contributed by atoms with Gasteiger partial charge in [-0.1, -0.05) is 498 Å². The predicted molar refractivity (Wildman–Crippen MR) is 639 cm³/mol. The molecule has 0 amide bonds. The van der Waals surface area contributed by atoms with Gasteiger partial charge in [0.1, 0.15) is 40.4 Å². The summed E-state index contributed by atoms with van der Waals surface area (Å²) in [7, 11) is -20.9. The van der Waals surface area contributed by atoms with Crippen LogP contribution in [0.3, 0.4) is 0 Å². The van der Waals surface area contributed by atoms with E-state index >= 15 is 13.7 Å². The summed E-state index contributed by atoms with van der Waals surface area (Å²) in [5.74, 6) is 5.56. The maximum atomic E-state index is 16.4. The third kappa shape index (κ3) is 15.4. The van der Waals surface area contributed by atoms with Crippen LogP contribution in [0.2, 0.25) is 65.5 Å². The van der Waals surface area contributed by atoms with E-state index in [0.717, 1.165) is 97.8 Å². The molecule has 6 aliphatic rings. The first-order chi connectivity index (χ1) is 72.5. The van der Waals surface area contributed by atoms with Crippen molar-refractivity contribution in [3.8, 4) is 136 Å². The summed E-state index contributed by atoms with van der Waals surface area (Å²) in [4.78, 5) is 45.0. The number of benzene rings is 18. The molecule has 726 valence electrons. The van der Waals surface area contributed by atoms with E-state index in [0.29, 0.717) is 52.4 Å². The minimum absolute atomic E-state index is 0.206. The van der Waals surface area contributed by atoms with Gasteiger partial charge < -0.3 is 13.7 Å². The van der Waals surface area contributed by atoms with Crippen LogP contribution in [0.5, 0.6) is 0 Å². The summed E-state index contributed by atoms with van der Waals surface area (Å²) in [6, 6.07) is 151. The van der Waals surface area contributed by atoms with Crippen LogP contribution < -0.4 is 99.6 Å². The van der Waals surface area contributed by atoms with Crippen molar-refractivity contribution in [2.75, 3.05) is 0 Å². The minimum Gasteiger partial charge on any atom is -0.309 e. The summed E-state index contributed by atoms with van der Waals surface area (Å²) in [6.07, 6.45) is 0. The third-order valence-corrected chi connectivity index (χ3v) is 60.7. The third-order valence-electron chi connectivity index (χ3n) is 32.4. The fourth-order valence-corrected chi connectivity index (χ4v) is 55.2. The predicted octanol–water partition coefficient (Wildman–Crippen LogP) is 20.9. The largest absolute Gasteiger partial charge is 0.309 e. The molecule has 21 aromatic rings. The van der Waals surface area contributed by atoms with E-state index in [1.54, 1.807) is 0 Å². The zero-order valence-electron chi connectivity index (χ0n) is 85.7. The van der Waals surface area contributed by atoms with Gasteiger partial charge in [0.2, 0.25) is 0 Å². The van der Waals surface area contributed by atoms with Gasteiger partial charge >= 0.3 is 0 Å². The molecule has 12 nitrogen and oxygen atoms in total. The molecule has 3 aromatic heterocycles. The molecule has 150 heavy (non-hydrogen) atoms. The molecule has 0 bridgehead atoms. The Morgan fingerprint density at radius 2 is 0.407 bits per heavy atom. The molecule has 27 rings (SSSR count). The second-order valence-electron chi connectivity index (χ2n) is 43.3. The van der Waals surface area contributed by atoms with E-state index in [-0.39, 0.29) is 5.41 Å². The van der Waals surface area contributed by atoms with Crippen molar-refractivity contribution in [1.82, 2.24) is 44.9 Å². The molecular formula is C130H108N9O3P3Si5. The lowest BCUT2D eigenvalue weighted by Gasteiger charge is -2.39. The molecule has 0 radical (unpaired) electrons. The lowest BCUT2D eigenvalue weighted by Crippen LogP contribution is -2.68. The van der Waals surface area contributed by atoms with Crippen molar-refractivity contribution in [2.24, 2.45) is 0 Å². The molecule has 0 saturated carbocycles. The van der Waals surface area contributed by atoms with Crippen molar-refractivity contribution < 1.29 is 13.7 Å². The summed E-state index contributed by atoms with van der Waals surface area (Å²) >= 11 is 0. The van der Waals surface area contributed by atoms with Crippen LogP contribution in [0.1, 0.15) is 25.0 Å². The second-order valence-corrected chi connectivity index (χ2v) is 73.0. The number of hydrogen-bond acceptors (Lipinski definition) is 12. The lowest BCUT2D eigenvalue weighted by molar-refractivity contribution is 0.591. The van der Waals surface area contributed by atoms with Gasteiger partial charge in [-0.3, -0.25) is 0 Å². The number of hydrogen-bond donors (Lipinski definition) is 0. The summed E-state index contributed by atoms with van der Waals surface area (Å²) in [5, 5.41) is 21.6. The molecular weight excluding hydrogens is 1970 g/mol. The van der Waals surface area contributed by atoms with E-state index in [1.165, 1.54) is 96.4 Å². The van der Waals surface area contributed by atoms with Gasteiger partial charge in [0.05, 0.1) is 0 Å². The molecule has 3 unspecified atom stereocenters. The zero-order chi connectivity index (χ0) is 103. The van der Waals surface area contributed by atoms with Crippen molar-refractivity contribution in [2.45, 2.75) is 84.7 Å². The van der Waals surface area contributed by atoms with Gasteiger partial charge in [0.25, 0.3) is 0 Å². The molecule has 20 heteroatoms. The fraction of sp³-hybridized carbons (Fsp3) is 0.100. The first-order valence-corrected chi connectivity index (χ1v) is 71.6. The maximum absolute atomic E-state index is 16.4. The van der Waals surface area contributed by atoms with Gasteiger partial charge in [-0.05, 0) is 115 Å². The molecule has 1 aliphatic carbocycles. The average molecular weight is 2080 g/mol. The maximum Gasteiger partial charge on any atom is 0.170 e. The average Bonchev–Trinajstić information content (AvgIpc) is 1.42. The molecule has 8 heterocycles. The first kappa shape index (κ1) is 95.7. The quantitative estimate of drug-likeness (QED) is 0.0840. The Balaban J connectivity index is 0.000000116. The highest BCUT2D eigenvalue weighted by atomic mass is 31.2. The number of nitrogens with zero attached hydrogens (tertiary/aromatic N) is 9. The van der Waals surface area contributed by atoms with Crippen molar-refractivity contribution in [3.05, 3.63) is 448 Å². The standard InChI is InChI=1S/C44H36N3OPSi.2C43H36N3OPSi2/c1-44(2)35-23-15-14-22-33(35)34-27-40-38(28-36(34)44)49(48,32-20-12-7-13-21-32)37-26-31(24-25-39(37)50(40,3)4)43-46-41(29-16-8-5-9-17-29)45-42(47-43)30-18-10-6-11-19-30;1-49(2)37-23-15-14-22-35(37)48(47,32-20-12-7-13-21-32)36-28-39-34(27-40(36)49)33-25-24-31(26-38(33)50(39,3)4)43-45-41(29-16-8-5-9-17-29)44-42(46-43)30-18-10-6-11-19-30;1-49(2)37-23-15-14-22-33(37)34-27-40-36(28-39(34)49)48(47,32-20-12-7-13-21-32)35-26-31(24-25-38(35)50(40,3)4)43-45-41(29-16-8-5-9-17-29)44-42(46-43)30-18-10-6-11-19-30/h3*5-28H,1-4H3. The molecule has 0 saturated heterocycles. The molecule has 0 spiro atoms. The van der Waals surface area contributed by atoms with E-state index < -0.39 is 61.8 Å². The van der Waals surface area contributed by atoms with E-state index in [1.807, 2.05) is 249 Å². The summed E-state index contributed by atoms with van der Waals surface area (Å²) in [5.41, 5.74) is 18.4. The summed E-state index contributed by atoms with van der Waals surface area (Å²) in [6.45, 7) is 28.8. The first-order valence-electron chi connectivity index (χ1n) is 51.4. The van der Waals surface area contributed by atoms with Crippen LogP contribution in [0.4, 0.5) is 0 Å². The van der Waals surface area contributed by atoms with Crippen LogP contribution >= 0.6 is 21.4 Å². The monoisotopic (exact) mass is 2080 g/mol. The minimum atomic E-state index is -3.33. The van der Waals surface area contributed by atoms with Crippen molar-refractivity contribution in [3.63, 3.8) is 0 Å². The van der Waals surface area contributed by atoms with Gasteiger partial charge in [0.15, 0.2) is 73.8 Å². The Bertz CT molecular complexity index is 8710.